The second kappa shape index (κ2) is 16.9. The average molecular weight is 696 g/mol. The Bertz CT molecular complexity index is 1390. The highest BCUT2D eigenvalue weighted by Gasteiger charge is 2.44. The molecule has 48 heavy (non-hydrogen) atoms. The van der Waals surface area contributed by atoms with E-state index in [9.17, 15) is 33.3 Å². The molecule has 0 bridgehead atoms. The fourth-order valence-electron chi connectivity index (χ4n) is 5.72. The van der Waals surface area contributed by atoms with Crippen molar-refractivity contribution in [1.29, 1.82) is 0 Å². The summed E-state index contributed by atoms with van der Waals surface area (Å²) in [6.07, 6.45) is 2.67. The van der Waals surface area contributed by atoms with Crippen LogP contribution in [0.3, 0.4) is 0 Å². The molecule has 1 aliphatic heterocycles. The van der Waals surface area contributed by atoms with E-state index in [2.05, 4.69) is 31.1 Å². The molecule has 1 aromatic carbocycles. The molecule has 3 rings (SSSR count). The van der Waals surface area contributed by atoms with Crippen LogP contribution in [-0.2, 0) is 33.3 Å². The number of primary amides is 1. The van der Waals surface area contributed by atoms with Crippen molar-refractivity contribution in [3.05, 3.63) is 29.8 Å². The van der Waals surface area contributed by atoms with E-state index in [0.29, 0.717) is 25.7 Å². The lowest BCUT2D eigenvalue weighted by molar-refractivity contribution is -0.140. The highest BCUT2D eigenvalue weighted by molar-refractivity contribution is 7.46. The lowest BCUT2D eigenvalue weighted by Crippen LogP contribution is -2.65. The number of rotatable bonds is 6. The summed E-state index contributed by atoms with van der Waals surface area (Å²) < 4.78 is 15.9. The Morgan fingerprint density at radius 1 is 0.917 bits per heavy atom. The first kappa shape index (κ1) is 38.4. The average Bonchev–Trinajstić information content (AvgIpc) is 3.00. The van der Waals surface area contributed by atoms with Crippen LogP contribution in [0.5, 0.6) is 5.75 Å². The second-order valence-corrected chi connectivity index (χ2v) is 13.7. The van der Waals surface area contributed by atoms with Crippen molar-refractivity contribution in [2.45, 2.75) is 101 Å². The molecule has 1 spiro atoms. The zero-order valence-electron chi connectivity index (χ0n) is 27.0. The predicted molar refractivity (Wildman–Crippen MR) is 171 cm³/mol. The van der Waals surface area contributed by atoms with E-state index in [1.165, 1.54) is 24.3 Å². The van der Waals surface area contributed by atoms with Crippen LogP contribution >= 0.6 is 7.82 Å². The quantitative estimate of drug-likeness (QED) is 0.167. The number of hydrogen-bond donors (Lipinski definition) is 9. The number of benzene rings is 1. The molecule has 0 radical (unpaired) electrons. The van der Waals surface area contributed by atoms with E-state index in [0.717, 1.165) is 6.42 Å². The number of carbonyl (C=O) groups excluding carboxylic acids is 6. The zero-order valence-corrected chi connectivity index (χ0v) is 27.9. The molecule has 6 amide bonds. The van der Waals surface area contributed by atoms with Crippen LogP contribution in [0.25, 0.3) is 0 Å². The molecule has 0 unspecified atom stereocenters. The van der Waals surface area contributed by atoms with Crippen LogP contribution in [0.1, 0.15) is 83.2 Å². The van der Waals surface area contributed by atoms with Gasteiger partial charge in [0.05, 0.1) is 12.5 Å². The molecule has 18 heteroatoms. The van der Waals surface area contributed by atoms with E-state index in [-0.39, 0.29) is 43.0 Å². The fourth-order valence-corrected chi connectivity index (χ4v) is 6.11. The molecule has 17 nitrogen and oxygen atoms in total. The van der Waals surface area contributed by atoms with Crippen molar-refractivity contribution >= 4 is 43.3 Å². The van der Waals surface area contributed by atoms with E-state index < -0.39 is 79.4 Å². The first-order valence-electron chi connectivity index (χ1n) is 15.9. The van der Waals surface area contributed by atoms with Crippen LogP contribution in [0.15, 0.2) is 24.3 Å². The van der Waals surface area contributed by atoms with E-state index in [1.807, 2.05) is 0 Å². The van der Waals surface area contributed by atoms with Crippen molar-refractivity contribution in [1.82, 2.24) is 26.6 Å². The number of amides is 6. The smallest absolute Gasteiger partial charge is 0.404 e. The summed E-state index contributed by atoms with van der Waals surface area (Å²) in [4.78, 5) is 97.9. The molecule has 0 aromatic heterocycles. The van der Waals surface area contributed by atoms with Gasteiger partial charge in [-0.25, -0.2) is 4.57 Å². The molecule has 1 aromatic rings. The maximum Gasteiger partial charge on any atom is 0.524 e. The summed E-state index contributed by atoms with van der Waals surface area (Å²) >= 11 is 0. The van der Waals surface area contributed by atoms with Crippen molar-refractivity contribution in [2.75, 3.05) is 6.54 Å². The van der Waals surface area contributed by atoms with Gasteiger partial charge in [-0.2, -0.15) is 0 Å². The molecule has 11 N–H and O–H groups in total. The van der Waals surface area contributed by atoms with Gasteiger partial charge in [0.25, 0.3) is 0 Å². The van der Waals surface area contributed by atoms with E-state index >= 15 is 0 Å². The van der Waals surface area contributed by atoms with Gasteiger partial charge in [0.2, 0.25) is 35.4 Å². The fraction of sp³-hybridized carbons (Fsp3) is 0.600. The van der Waals surface area contributed by atoms with E-state index in [1.54, 1.807) is 13.8 Å². The Labute approximate surface area is 278 Å². The van der Waals surface area contributed by atoms with Gasteiger partial charge in [0.15, 0.2) is 0 Å². The van der Waals surface area contributed by atoms with Gasteiger partial charge in [-0.05, 0) is 55.7 Å². The number of phosphoric acid groups is 1. The molecule has 2 fully saturated rings. The van der Waals surface area contributed by atoms with Crippen molar-refractivity contribution in [3.63, 3.8) is 0 Å². The monoisotopic (exact) mass is 695 g/mol. The lowest BCUT2D eigenvalue weighted by Gasteiger charge is -2.38. The summed E-state index contributed by atoms with van der Waals surface area (Å²) in [5.41, 5.74) is 10.2. The predicted octanol–water partition coefficient (Wildman–Crippen LogP) is -0.737. The highest BCUT2D eigenvalue weighted by atomic mass is 31.2. The molecule has 1 heterocycles. The summed E-state index contributed by atoms with van der Waals surface area (Å²) in [5.74, 6) is -4.94. The summed E-state index contributed by atoms with van der Waals surface area (Å²) in [5, 5.41) is 13.3. The van der Waals surface area contributed by atoms with Crippen LogP contribution in [0.4, 0.5) is 0 Å². The Morgan fingerprint density at radius 3 is 2.15 bits per heavy atom. The minimum absolute atomic E-state index is 0.168. The number of nitrogens with two attached hydrogens (primary N) is 2. The standard InChI is InChI=1S/C30H46N7O10P/c1-17(2)23-27(41)33-15-7-4-8-20(31)25(39)36-24(18-9-11-19(12-10-18)47-48(44,45)46)28(42)37-30(13-5-3-6-14-30)29(43)34-21(16-22(32)38)26(40)35-23/h9-12,17,20-21,23-24H,3-8,13-16,31H2,1-2H3,(H2,32,38)(H,33,41)(H,34,43)(H,35,40)(H,36,39)(H,37,42)(H2,44,45,46)/t20-,21-,23-,24-/m0/s1. The maximum absolute atomic E-state index is 14.0. The molecule has 1 saturated heterocycles. The van der Waals surface area contributed by atoms with Crippen molar-refractivity contribution < 1.29 is 47.6 Å². The normalized spacial score (nSPS) is 25.3. The Morgan fingerprint density at radius 2 is 1.56 bits per heavy atom. The second-order valence-electron chi connectivity index (χ2n) is 12.5. The van der Waals surface area contributed by atoms with Gasteiger partial charge in [-0.1, -0.05) is 45.2 Å². The third kappa shape index (κ3) is 11.0. The number of nitrogens with one attached hydrogen (secondary N) is 5. The molecule has 266 valence electrons. The summed E-state index contributed by atoms with van der Waals surface area (Å²) in [6.45, 7) is 3.66. The van der Waals surface area contributed by atoms with Crippen molar-refractivity contribution in [3.8, 4) is 5.75 Å². The van der Waals surface area contributed by atoms with Gasteiger partial charge >= 0.3 is 7.82 Å². The minimum atomic E-state index is -4.87. The SMILES string of the molecule is CC(C)[C@@H]1NC(=O)[C@H](CC(N)=O)NC(=O)C2(CCCCC2)NC(=O)[C@H](c2ccc(OP(=O)(O)O)cc2)NC(=O)[C@@H](N)CCCCNC1=O. The van der Waals surface area contributed by atoms with Gasteiger partial charge in [-0.15, -0.1) is 0 Å². The van der Waals surface area contributed by atoms with Gasteiger partial charge in [-0.3, -0.25) is 38.6 Å². The molecule has 1 saturated carbocycles. The third-order valence-corrected chi connectivity index (χ3v) is 8.79. The first-order chi connectivity index (χ1) is 22.5. The van der Waals surface area contributed by atoms with Gasteiger partial charge in [0, 0.05) is 6.54 Å². The summed E-state index contributed by atoms with van der Waals surface area (Å²) in [6, 6.07) is 0.154. The van der Waals surface area contributed by atoms with Gasteiger partial charge < -0.3 is 42.6 Å². The molecule has 1 aliphatic carbocycles. The van der Waals surface area contributed by atoms with Crippen LogP contribution in [-0.4, -0.2) is 75.4 Å². The number of hydrogen-bond acceptors (Lipinski definition) is 9. The maximum atomic E-state index is 14.0. The van der Waals surface area contributed by atoms with Gasteiger partial charge in [0.1, 0.15) is 29.4 Å². The third-order valence-electron chi connectivity index (χ3n) is 8.34. The Kier molecular flexibility index (Phi) is 13.5. The number of phosphoric ester groups is 1. The summed E-state index contributed by atoms with van der Waals surface area (Å²) in [7, 11) is -4.87. The Balaban J connectivity index is 2.03. The minimum Gasteiger partial charge on any atom is -0.404 e. The lowest BCUT2D eigenvalue weighted by atomic mass is 9.80. The Hall–Kier alpha value is -4.05. The van der Waals surface area contributed by atoms with E-state index in [4.69, 9.17) is 21.3 Å². The van der Waals surface area contributed by atoms with Crippen LogP contribution < -0.4 is 42.6 Å². The largest absolute Gasteiger partial charge is 0.524 e. The zero-order chi connectivity index (χ0) is 35.6. The first-order valence-corrected chi connectivity index (χ1v) is 17.4. The molecular formula is C30H46N7O10P. The highest BCUT2D eigenvalue weighted by Crippen LogP contribution is 2.38. The number of carbonyl (C=O) groups is 6. The van der Waals surface area contributed by atoms with Crippen LogP contribution in [0, 0.1) is 5.92 Å². The molecular weight excluding hydrogens is 649 g/mol. The van der Waals surface area contributed by atoms with Crippen LogP contribution in [0.2, 0.25) is 0 Å². The molecule has 4 atom stereocenters. The van der Waals surface area contributed by atoms with Crippen molar-refractivity contribution in [2.24, 2.45) is 17.4 Å². The topological polar surface area (TPSA) is 281 Å². The molecule has 2 aliphatic rings.